The number of rotatable bonds is 9. The molecule has 1 aliphatic rings. The summed E-state index contributed by atoms with van der Waals surface area (Å²) in [6.07, 6.45) is 12.5. The number of aryl methyl sites for hydroxylation is 1. The van der Waals surface area contributed by atoms with Crippen molar-refractivity contribution >= 4 is 0 Å². The molecule has 2 aromatic carbocycles. The molecular weight excluding hydrogens is 478 g/mol. The monoisotopic (exact) mass is 507 g/mol. The quantitative estimate of drug-likeness (QED) is 0.273. The third kappa shape index (κ3) is 5.16. The maximum atomic E-state index is 6.62. The van der Waals surface area contributed by atoms with Crippen LogP contribution in [0, 0.1) is 0 Å². The van der Waals surface area contributed by atoms with Gasteiger partial charge in [-0.05, 0) is 25.0 Å². The van der Waals surface area contributed by atoms with Gasteiger partial charge in [-0.2, -0.15) is 0 Å². The van der Waals surface area contributed by atoms with Crippen LogP contribution in [0.2, 0.25) is 0 Å². The summed E-state index contributed by atoms with van der Waals surface area (Å²) in [6.45, 7) is 2.69. The number of aromatic nitrogens is 9. The summed E-state index contributed by atoms with van der Waals surface area (Å²) in [5.74, 6) is 0. The van der Waals surface area contributed by atoms with Crippen molar-refractivity contribution in [1.29, 1.82) is 0 Å². The molecule has 4 heterocycles. The minimum absolute atomic E-state index is 0.177. The lowest BCUT2D eigenvalue weighted by Gasteiger charge is -2.31. The molecule has 3 aromatic heterocycles. The van der Waals surface area contributed by atoms with E-state index in [1.165, 1.54) is 0 Å². The molecule has 5 aromatic rings. The highest BCUT2D eigenvalue weighted by molar-refractivity contribution is 5.57. The second-order valence-corrected chi connectivity index (χ2v) is 9.38. The van der Waals surface area contributed by atoms with E-state index in [2.05, 4.69) is 43.9 Å². The van der Waals surface area contributed by atoms with Gasteiger partial charge in [0.05, 0.1) is 36.4 Å². The van der Waals surface area contributed by atoms with Gasteiger partial charge in [-0.15, -0.1) is 15.3 Å². The standard InChI is InChI=1S/C28H29N9O/c1-2-3-12-22-17-35(32-29-22)20-28-26(37-18-24(30-34-37)21-10-6-4-7-11-21)15-16-27(38-28)25-19-36(33-31-25)23-13-8-5-9-14-23/h4-11,13-19,26-28H,2-3,12,20H2,1H3/t26-,27-,28+/m0/s1. The number of para-hydroxylation sites is 1. The van der Waals surface area contributed by atoms with Crippen LogP contribution in [0.3, 0.4) is 0 Å². The van der Waals surface area contributed by atoms with Crippen LogP contribution >= 0.6 is 0 Å². The van der Waals surface area contributed by atoms with E-state index in [0.29, 0.717) is 6.54 Å². The van der Waals surface area contributed by atoms with Gasteiger partial charge in [0.2, 0.25) is 0 Å². The molecule has 0 spiro atoms. The van der Waals surface area contributed by atoms with Crippen LogP contribution in [0.5, 0.6) is 0 Å². The molecule has 6 rings (SSSR count). The van der Waals surface area contributed by atoms with Crippen LogP contribution in [0.25, 0.3) is 16.9 Å². The number of hydrogen-bond donors (Lipinski definition) is 0. The third-order valence-electron chi connectivity index (χ3n) is 6.63. The zero-order valence-electron chi connectivity index (χ0n) is 21.2. The van der Waals surface area contributed by atoms with E-state index in [9.17, 15) is 0 Å². The molecule has 10 heteroatoms. The molecule has 0 N–H and O–H groups in total. The molecule has 0 amide bonds. The highest BCUT2D eigenvalue weighted by atomic mass is 16.5. The lowest BCUT2D eigenvalue weighted by Crippen LogP contribution is -2.34. The molecule has 0 bridgehead atoms. The van der Waals surface area contributed by atoms with Crippen LogP contribution in [-0.2, 0) is 17.7 Å². The van der Waals surface area contributed by atoms with Gasteiger partial charge >= 0.3 is 0 Å². The Morgan fingerprint density at radius 2 is 1.63 bits per heavy atom. The summed E-state index contributed by atoms with van der Waals surface area (Å²) in [4.78, 5) is 0. The van der Waals surface area contributed by atoms with Gasteiger partial charge in [0, 0.05) is 11.8 Å². The summed E-state index contributed by atoms with van der Waals surface area (Å²) in [5, 5.41) is 26.3. The van der Waals surface area contributed by atoms with Gasteiger partial charge in [-0.3, -0.25) is 0 Å². The van der Waals surface area contributed by atoms with Crippen molar-refractivity contribution in [3.63, 3.8) is 0 Å². The third-order valence-corrected chi connectivity index (χ3v) is 6.63. The van der Waals surface area contributed by atoms with Crippen LogP contribution in [0.4, 0.5) is 0 Å². The first-order valence-corrected chi connectivity index (χ1v) is 12.9. The van der Waals surface area contributed by atoms with E-state index in [1.807, 2.05) is 94.7 Å². The molecule has 192 valence electrons. The zero-order valence-corrected chi connectivity index (χ0v) is 21.2. The van der Waals surface area contributed by atoms with E-state index in [4.69, 9.17) is 4.74 Å². The fraction of sp³-hybridized carbons (Fsp3) is 0.286. The Balaban J connectivity index is 1.27. The summed E-state index contributed by atoms with van der Waals surface area (Å²) in [7, 11) is 0. The Kier molecular flexibility index (Phi) is 6.86. The molecule has 10 nitrogen and oxygen atoms in total. The number of unbranched alkanes of at least 4 members (excludes halogenated alkanes) is 1. The molecule has 0 saturated carbocycles. The fourth-order valence-electron chi connectivity index (χ4n) is 4.59. The van der Waals surface area contributed by atoms with Gasteiger partial charge in [0.25, 0.3) is 0 Å². The Bertz CT molecular complexity index is 1490. The number of nitrogens with zero attached hydrogens (tertiary/aromatic N) is 9. The summed E-state index contributed by atoms with van der Waals surface area (Å²) in [6, 6.07) is 19.8. The Labute approximate surface area is 220 Å². The molecule has 0 aliphatic carbocycles. The summed E-state index contributed by atoms with van der Waals surface area (Å²) in [5.41, 5.74) is 4.50. The van der Waals surface area contributed by atoms with E-state index in [0.717, 1.165) is 47.6 Å². The first-order chi connectivity index (χ1) is 18.8. The Morgan fingerprint density at radius 1 is 0.816 bits per heavy atom. The Hall–Kier alpha value is -4.44. The van der Waals surface area contributed by atoms with Crippen molar-refractivity contribution in [3.05, 3.63) is 103 Å². The summed E-state index contributed by atoms with van der Waals surface area (Å²) >= 11 is 0. The van der Waals surface area contributed by atoms with Crippen LogP contribution in [0.15, 0.2) is 91.4 Å². The van der Waals surface area contributed by atoms with E-state index < -0.39 is 0 Å². The molecule has 3 atom stereocenters. The smallest absolute Gasteiger partial charge is 0.122 e. The molecule has 1 aliphatic heterocycles. The second-order valence-electron chi connectivity index (χ2n) is 9.38. The van der Waals surface area contributed by atoms with Crippen molar-refractivity contribution < 1.29 is 4.74 Å². The zero-order chi connectivity index (χ0) is 25.7. The molecular formula is C28H29N9O. The maximum Gasteiger partial charge on any atom is 0.122 e. The van der Waals surface area contributed by atoms with Crippen molar-refractivity contribution in [3.8, 4) is 16.9 Å². The normalized spacial score (nSPS) is 19.1. The van der Waals surface area contributed by atoms with Crippen LogP contribution in [0.1, 0.15) is 43.3 Å². The van der Waals surface area contributed by atoms with Crippen molar-refractivity contribution in [2.75, 3.05) is 0 Å². The lowest BCUT2D eigenvalue weighted by molar-refractivity contribution is -0.0348. The number of hydrogen-bond acceptors (Lipinski definition) is 7. The van der Waals surface area contributed by atoms with Gasteiger partial charge in [0.15, 0.2) is 0 Å². The number of benzene rings is 2. The highest BCUT2D eigenvalue weighted by Crippen LogP contribution is 2.32. The van der Waals surface area contributed by atoms with Crippen molar-refractivity contribution in [1.82, 2.24) is 45.0 Å². The second kappa shape index (κ2) is 10.9. The minimum atomic E-state index is -0.353. The maximum absolute atomic E-state index is 6.62. The fourth-order valence-corrected chi connectivity index (χ4v) is 4.59. The van der Waals surface area contributed by atoms with Crippen molar-refractivity contribution in [2.24, 2.45) is 0 Å². The number of ether oxygens (including phenoxy) is 1. The van der Waals surface area contributed by atoms with Gasteiger partial charge in [0.1, 0.15) is 23.6 Å². The Morgan fingerprint density at radius 3 is 2.45 bits per heavy atom. The van der Waals surface area contributed by atoms with Gasteiger partial charge in [-0.25, -0.2) is 14.0 Å². The van der Waals surface area contributed by atoms with E-state index in [-0.39, 0.29) is 18.2 Å². The molecule has 0 unspecified atom stereocenters. The molecule has 38 heavy (non-hydrogen) atoms. The average Bonchev–Trinajstić information content (AvgIpc) is 3.75. The minimum Gasteiger partial charge on any atom is -0.360 e. The van der Waals surface area contributed by atoms with E-state index >= 15 is 0 Å². The predicted molar refractivity (Wildman–Crippen MR) is 141 cm³/mol. The molecule has 0 saturated heterocycles. The van der Waals surface area contributed by atoms with Crippen LogP contribution in [-0.4, -0.2) is 51.1 Å². The molecule has 0 radical (unpaired) electrons. The largest absolute Gasteiger partial charge is 0.360 e. The van der Waals surface area contributed by atoms with Crippen LogP contribution < -0.4 is 0 Å². The predicted octanol–water partition coefficient (Wildman–Crippen LogP) is 4.40. The van der Waals surface area contributed by atoms with Crippen molar-refractivity contribution in [2.45, 2.75) is 51.0 Å². The van der Waals surface area contributed by atoms with Gasteiger partial charge in [-0.1, -0.05) is 89.7 Å². The average molecular weight is 508 g/mol. The topological polar surface area (TPSA) is 101 Å². The van der Waals surface area contributed by atoms with Gasteiger partial charge < -0.3 is 4.74 Å². The summed E-state index contributed by atoms with van der Waals surface area (Å²) < 4.78 is 12.1. The van der Waals surface area contributed by atoms with E-state index in [1.54, 1.807) is 4.68 Å². The molecule has 0 fully saturated rings. The highest BCUT2D eigenvalue weighted by Gasteiger charge is 2.32. The first kappa shape index (κ1) is 23.9. The first-order valence-electron chi connectivity index (χ1n) is 12.9. The lowest BCUT2D eigenvalue weighted by atomic mass is 10.0. The SMILES string of the molecule is CCCCc1cn(C[C@H]2O[C@H](c3cn(-c4ccccc4)nn3)C=C[C@@H]2n2cc(-c3ccccc3)nn2)nn1.